The van der Waals surface area contributed by atoms with Gasteiger partial charge in [-0.15, -0.1) is 0 Å². The number of rotatable bonds is 6. The third-order valence-electron chi connectivity index (χ3n) is 5.01. The van der Waals surface area contributed by atoms with Crippen LogP contribution in [0.25, 0.3) is 0 Å². The Bertz CT molecular complexity index is 726. The summed E-state index contributed by atoms with van der Waals surface area (Å²) >= 11 is 0. The van der Waals surface area contributed by atoms with Crippen molar-refractivity contribution in [1.29, 1.82) is 0 Å². The number of nitrogens with one attached hydrogen (secondary N) is 1. The molecule has 0 radical (unpaired) electrons. The second-order valence-electron chi connectivity index (χ2n) is 6.71. The first-order chi connectivity index (χ1) is 12.1. The molecule has 4 heteroatoms. The molecule has 4 nitrogen and oxygen atoms in total. The molecule has 0 saturated heterocycles. The highest BCUT2D eigenvalue weighted by atomic mass is 16.5. The molecule has 1 aliphatic rings. The van der Waals surface area contributed by atoms with Crippen molar-refractivity contribution in [1.82, 2.24) is 5.32 Å². The van der Waals surface area contributed by atoms with Crippen molar-refractivity contribution in [2.24, 2.45) is 0 Å². The second-order valence-corrected chi connectivity index (χ2v) is 6.71. The SMILES string of the molecule is COc1ccc(C(O)C(C)NC(=O)CC2CCc3ccccc32)cc1. The van der Waals surface area contributed by atoms with Gasteiger partial charge in [0.15, 0.2) is 0 Å². The Morgan fingerprint density at radius 3 is 2.68 bits per heavy atom. The molecule has 0 fully saturated rings. The molecule has 3 unspecified atom stereocenters. The summed E-state index contributed by atoms with van der Waals surface area (Å²) in [5.41, 5.74) is 3.41. The highest BCUT2D eigenvalue weighted by molar-refractivity contribution is 5.77. The van der Waals surface area contributed by atoms with Crippen LogP contribution in [0.15, 0.2) is 48.5 Å². The number of fused-ring (bicyclic) bond motifs is 1. The number of aliphatic hydroxyl groups is 1. The molecule has 0 aromatic heterocycles. The van der Waals surface area contributed by atoms with E-state index in [1.165, 1.54) is 11.1 Å². The first-order valence-electron chi connectivity index (χ1n) is 8.77. The second kappa shape index (κ2) is 7.70. The predicted molar refractivity (Wildman–Crippen MR) is 97.7 cm³/mol. The van der Waals surface area contributed by atoms with Crippen LogP contribution in [0.3, 0.4) is 0 Å². The van der Waals surface area contributed by atoms with Gasteiger partial charge in [0.25, 0.3) is 0 Å². The highest BCUT2D eigenvalue weighted by Crippen LogP contribution is 2.35. The Morgan fingerprint density at radius 1 is 1.24 bits per heavy atom. The maximum absolute atomic E-state index is 12.4. The monoisotopic (exact) mass is 339 g/mol. The molecule has 132 valence electrons. The number of methoxy groups -OCH3 is 1. The summed E-state index contributed by atoms with van der Waals surface area (Å²) in [7, 11) is 1.61. The quantitative estimate of drug-likeness (QED) is 0.848. The largest absolute Gasteiger partial charge is 0.497 e. The van der Waals surface area contributed by atoms with Crippen LogP contribution in [-0.2, 0) is 11.2 Å². The first kappa shape index (κ1) is 17.5. The lowest BCUT2D eigenvalue weighted by molar-refractivity contribution is -0.122. The number of carbonyl (C=O) groups excluding carboxylic acids is 1. The Balaban J connectivity index is 1.57. The van der Waals surface area contributed by atoms with Gasteiger partial charge in [0, 0.05) is 6.42 Å². The van der Waals surface area contributed by atoms with Crippen LogP contribution in [0.2, 0.25) is 0 Å². The smallest absolute Gasteiger partial charge is 0.220 e. The topological polar surface area (TPSA) is 58.6 Å². The zero-order valence-corrected chi connectivity index (χ0v) is 14.7. The van der Waals surface area contributed by atoms with Crippen molar-refractivity contribution in [3.8, 4) is 5.75 Å². The minimum atomic E-state index is -0.745. The molecule has 1 aliphatic carbocycles. The van der Waals surface area contributed by atoms with Crippen LogP contribution in [0.4, 0.5) is 0 Å². The summed E-state index contributed by atoms with van der Waals surface area (Å²) in [4.78, 5) is 12.4. The van der Waals surface area contributed by atoms with Crippen molar-refractivity contribution in [3.63, 3.8) is 0 Å². The van der Waals surface area contributed by atoms with Crippen molar-refractivity contribution in [3.05, 3.63) is 65.2 Å². The molecule has 1 amide bonds. The standard InChI is InChI=1S/C21H25NO3/c1-14(21(24)16-9-11-18(25-2)12-10-16)22-20(23)13-17-8-7-15-5-3-4-6-19(15)17/h3-6,9-12,14,17,21,24H,7-8,13H2,1-2H3,(H,22,23). The van der Waals surface area contributed by atoms with Gasteiger partial charge < -0.3 is 15.2 Å². The molecular weight excluding hydrogens is 314 g/mol. The van der Waals surface area contributed by atoms with Gasteiger partial charge >= 0.3 is 0 Å². The summed E-state index contributed by atoms with van der Waals surface area (Å²) in [5.74, 6) is 1.01. The highest BCUT2D eigenvalue weighted by Gasteiger charge is 2.26. The Morgan fingerprint density at radius 2 is 1.96 bits per heavy atom. The molecule has 0 aliphatic heterocycles. The molecule has 25 heavy (non-hydrogen) atoms. The van der Waals surface area contributed by atoms with E-state index in [9.17, 15) is 9.90 Å². The van der Waals surface area contributed by atoms with Gasteiger partial charge in [-0.05, 0) is 54.5 Å². The maximum Gasteiger partial charge on any atom is 0.220 e. The number of ether oxygens (including phenoxy) is 1. The average Bonchev–Trinajstić information content (AvgIpc) is 3.04. The molecule has 3 atom stereocenters. The minimum Gasteiger partial charge on any atom is -0.497 e. The molecule has 2 N–H and O–H groups in total. The number of hydrogen-bond donors (Lipinski definition) is 2. The summed E-state index contributed by atoms with van der Waals surface area (Å²) in [5, 5.41) is 13.4. The van der Waals surface area contributed by atoms with E-state index in [1.54, 1.807) is 7.11 Å². The third kappa shape index (κ3) is 4.02. The van der Waals surface area contributed by atoms with Crippen LogP contribution in [0.5, 0.6) is 5.75 Å². The van der Waals surface area contributed by atoms with E-state index in [4.69, 9.17) is 4.74 Å². The van der Waals surface area contributed by atoms with Gasteiger partial charge in [-0.3, -0.25) is 4.79 Å². The lowest BCUT2D eigenvalue weighted by Gasteiger charge is -2.22. The summed E-state index contributed by atoms with van der Waals surface area (Å²) in [6.45, 7) is 1.83. The zero-order valence-electron chi connectivity index (χ0n) is 14.7. The Hall–Kier alpha value is -2.33. The van der Waals surface area contributed by atoms with Crippen LogP contribution in [0.1, 0.15) is 48.5 Å². The van der Waals surface area contributed by atoms with E-state index in [0.717, 1.165) is 24.2 Å². The van der Waals surface area contributed by atoms with E-state index in [2.05, 4.69) is 23.5 Å². The van der Waals surface area contributed by atoms with E-state index in [1.807, 2.05) is 37.3 Å². The van der Waals surface area contributed by atoms with Crippen LogP contribution >= 0.6 is 0 Å². The molecular formula is C21H25NO3. The molecule has 2 aromatic carbocycles. The van der Waals surface area contributed by atoms with Gasteiger partial charge in [0.05, 0.1) is 19.3 Å². The summed E-state index contributed by atoms with van der Waals surface area (Å²) in [6.07, 6.45) is 1.78. The fourth-order valence-electron chi connectivity index (χ4n) is 3.56. The summed E-state index contributed by atoms with van der Waals surface area (Å²) in [6, 6.07) is 15.3. The number of hydrogen-bond acceptors (Lipinski definition) is 3. The lowest BCUT2D eigenvalue weighted by Crippen LogP contribution is -2.37. The third-order valence-corrected chi connectivity index (χ3v) is 5.01. The van der Waals surface area contributed by atoms with E-state index in [0.29, 0.717) is 6.42 Å². The number of carbonyl (C=O) groups is 1. The van der Waals surface area contributed by atoms with Crippen molar-refractivity contribution >= 4 is 5.91 Å². The van der Waals surface area contributed by atoms with E-state index < -0.39 is 6.10 Å². The first-order valence-corrected chi connectivity index (χ1v) is 8.77. The van der Waals surface area contributed by atoms with Crippen LogP contribution in [0, 0.1) is 0 Å². The number of aryl methyl sites for hydroxylation is 1. The van der Waals surface area contributed by atoms with Gasteiger partial charge in [-0.1, -0.05) is 36.4 Å². The maximum atomic E-state index is 12.4. The van der Waals surface area contributed by atoms with Gasteiger partial charge in [-0.25, -0.2) is 0 Å². The van der Waals surface area contributed by atoms with E-state index in [-0.39, 0.29) is 17.9 Å². The molecule has 0 bridgehead atoms. The zero-order chi connectivity index (χ0) is 17.8. The van der Waals surface area contributed by atoms with Crippen molar-refractivity contribution in [2.75, 3.05) is 7.11 Å². The molecule has 3 rings (SSSR count). The van der Waals surface area contributed by atoms with E-state index >= 15 is 0 Å². The van der Waals surface area contributed by atoms with Crippen LogP contribution < -0.4 is 10.1 Å². The number of benzene rings is 2. The molecule has 2 aromatic rings. The Kier molecular flexibility index (Phi) is 5.39. The number of aliphatic hydroxyl groups excluding tert-OH is 1. The van der Waals surface area contributed by atoms with Gasteiger partial charge in [-0.2, -0.15) is 0 Å². The molecule has 0 spiro atoms. The van der Waals surface area contributed by atoms with Crippen molar-refractivity contribution < 1.29 is 14.6 Å². The van der Waals surface area contributed by atoms with Gasteiger partial charge in [0.2, 0.25) is 5.91 Å². The summed E-state index contributed by atoms with van der Waals surface area (Å²) < 4.78 is 5.13. The fourth-order valence-corrected chi connectivity index (χ4v) is 3.56. The minimum absolute atomic E-state index is 0.0123. The predicted octanol–water partition coefficient (Wildman–Crippen LogP) is 3.35. The fraction of sp³-hybridized carbons (Fsp3) is 0.381. The Labute approximate surface area is 148 Å². The van der Waals surface area contributed by atoms with Gasteiger partial charge in [0.1, 0.15) is 5.75 Å². The normalized spacial score (nSPS) is 18.3. The van der Waals surface area contributed by atoms with Crippen molar-refractivity contribution in [2.45, 2.75) is 44.2 Å². The molecule has 0 saturated carbocycles. The lowest BCUT2D eigenvalue weighted by atomic mass is 9.97. The van der Waals surface area contributed by atoms with Crippen LogP contribution in [-0.4, -0.2) is 24.2 Å². The average molecular weight is 339 g/mol. The molecule has 0 heterocycles. The number of amides is 1.